The predicted octanol–water partition coefficient (Wildman–Crippen LogP) is 3.91. The van der Waals surface area contributed by atoms with E-state index >= 15 is 0 Å². The third-order valence-electron chi connectivity index (χ3n) is 4.28. The van der Waals surface area contributed by atoms with Gasteiger partial charge in [-0.15, -0.1) is 16.9 Å². The van der Waals surface area contributed by atoms with E-state index in [0.717, 1.165) is 27.2 Å². The van der Waals surface area contributed by atoms with Crippen molar-refractivity contribution in [1.29, 1.82) is 0 Å². The molecule has 0 aliphatic rings. The van der Waals surface area contributed by atoms with E-state index in [0.29, 0.717) is 5.69 Å². The van der Waals surface area contributed by atoms with E-state index in [9.17, 15) is 4.79 Å². The Balaban J connectivity index is 1.99. The third kappa shape index (κ3) is 3.68. The highest BCUT2D eigenvalue weighted by molar-refractivity contribution is 8.00. The Morgan fingerprint density at radius 2 is 2.00 bits per heavy atom. The molecule has 8 nitrogen and oxygen atoms in total. The second-order valence-electron chi connectivity index (χ2n) is 6.59. The first kappa shape index (κ1) is 19.0. The number of fused-ring (bicyclic) bond motifs is 1. The molecule has 0 aliphatic heterocycles. The van der Waals surface area contributed by atoms with Gasteiger partial charge in [-0.2, -0.15) is 5.21 Å². The minimum atomic E-state index is -0.312. The summed E-state index contributed by atoms with van der Waals surface area (Å²) in [6, 6.07) is 15.6. The van der Waals surface area contributed by atoms with Crippen molar-refractivity contribution in [1.82, 2.24) is 25.2 Å². The van der Waals surface area contributed by atoms with Crippen molar-refractivity contribution in [2.24, 2.45) is 0 Å². The molecule has 0 spiro atoms. The largest absolute Gasteiger partial charge is 0.497 e. The maximum Gasteiger partial charge on any atom is 0.276 e. The minimum absolute atomic E-state index is 0.123. The number of hydrogen-bond donors (Lipinski definition) is 2. The van der Waals surface area contributed by atoms with E-state index in [1.54, 1.807) is 18.9 Å². The smallest absolute Gasteiger partial charge is 0.276 e. The number of anilines is 1. The number of tetrazole rings is 1. The lowest BCUT2D eigenvalue weighted by molar-refractivity contribution is 0.101. The minimum Gasteiger partial charge on any atom is -0.497 e. The Labute approximate surface area is 171 Å². The highest BCUT2D eigenvalue weighted by atomic mass is 32.2. The van der Waals surface area contributed by atoms with E-state index in [4.69, 9.17) is 4.74 Å². The molecule has 0 aliphatic carbocycles. The van der Waals surface area contributed by atoms with Crippen LogP contribution in [-0.2, 0) is 0 Å². The van der Waals surface area contributed by atoms with Crippen LogP contribution in [0.5, 0.6) is 5.75 Å². The number of nitrogens with zero attached hydrogens (tertiary/aromatic N) is 4. The van der Waals surface area contributed by atoms with Gasteiger partial charge >= 0.3 is 0 Å². The quantitative estimate of drug-likeness (QED) is 0.470. The Hall–Kier alpha value is -3.33. The average molecular weight is 408 g/mol. The summed E-state index contributed by atoms with van der Waals surface area (Å²) in [5.41, 5.74) is 2.32. The Kier molecular flexibility index (Phi) is 5.22. The predicted molar refractivity (Wildman–Crippen MR) is 113 cm³/mol. The molecule has 0 bridgehead atoms. The fourth-order valence-electron chi connectivity index (χ4n) is 3.15. The second-order valence-corrected chi connectivity index (χ2v) is 8.17. The molecule has 2 aromatic carbocycles. The van der Waals surface area contributed by atoms with Crippen molar-refractivity contribution < 1.29 is 9.53 Å². The van der Waals surface area contributed by atoms with E-state index < -0.39 is 0 Å². The number of amides is 1. The summed E-state index contributed by atoms with van der Waals surface area (Å²) in [6.07, 6.45) is 0. The first-order chi connectivity index (χ1) is 14.1. The van der Waals surface area contributed by atoms with Crippen LogP contribution in [0.3, 0.4) is 0 Å². The Morgan fingerprint density at radius 3 is 2.66 bits per heavy atom. The van der Waals surface area contributed by atoms with E-state index in [1.807, 2.05) is 53.1 Å². The molecule has 9 heteroatoms. The van der Waals surface area contributed by atoms with Crippen molar-refractivity contribution in [2.45, 2.75) is 24.0 Å². The second kappa shape index (κ2) is 7.96. The number of carbonyl (C=O) groups excluding carboxylic acids is 1. The van der Waals surface area contributed by atoms with Crippen LogP contribution in [0.4, 0.5) is 5.95 Å². The van der Waals surface area contributed by atoms with Crippen molar-refractivity contribution in [2.75, 3.05) is 12.4 Å². The van der Waals surface area contributed by atoms with Crippen LogP contribution in [0.15, 0.2) is 53.4 Å². The van der Waals surface area contributed by atoms with Crippen molar-refractivity contribution >= 4 is 34.5 Å². The molecular formula is C20H20N6O2S. The summed E-state index contributed by atoms with van der Waals surface area (Å²) in [4.78, 5) is 14.2. The standard InChI is InChI=1S/C20H20N6O2S/c1-12(2)29-18-15-11-14(28-3)9-10-16(15)26(13-7-5-4-6-8-13)17(18)19(27)21-20-22-24-25-23-20/h4-12H,1-3H3,(H2,21,22,23,24,25,27). The zero-order chi connectivity index (χ0) is 20.4. The number of carbonyl (C=O) groups is 1. The number of rotatable bonds is 6. The van der Waals surface area contributed by atoms with Gasteiger partial charge in [0, 0.05) is 21.2 Å². The normalized spacial score (nSPS) is 11.2. The Morgan fingerprint density at radius 1 is 1.21 bits per heavy atom. The van der Waals surface area contributed by atoms with Gasteiger partial charge in [0.15, 0.2) is 0 Å². The van der Waals surface area contributed by atoms with Crippen LogP contribution >= 0.6 is 11.8 Å². The maximum atomic E-state index is 13.3. The zero-order valence-corrected chi connectivity index (χ0v) is 17.0. The molecule has 0 radical (unpaired) electrons. The highest BCUT2D eigenvalue weighted by Gasteiger charge is 2.26. The lowest BCUT2D eigenvalue weighted by Crippen LogP contribution is -2.18. The number of thioether (sulfide) groups is 1. The summed E-state index contributed by atoms with van der Waals surface area (Å²) in [5.74, 6) is 0.546. The number of H-pyrrole nitrogens is 1. The van der Waals surface area contributed by atoms with Crippen LogP contribution in [0.1, 0.15) is 24.3 Å². The lowest BCUT2D eigenvalue weighted by Gasteiger charge is -2.12. The fourth-order valence-corrected chi connectivity index (χ4v) is 4.21. The summed E-state index contributed by atoms with van der Waals surface area (Å²) in [6.45, 7) is 4.19. The molecule has 148 valence electrons. The van der Waals surface area contributed by atoms with Gasteiger partial charge in [0.1, 0.15) is 11.4 Å². The Bertz CT molecular complexity index is 1140. The molecule has 2 heterocycles. The van der Waals surface area contributed by atoms with Crippen LogP contribution < -0.4 is 10.1 Å². The van der Waals surface area contributed by atoms with E-state index in [2.05, 4.69) is 39.8 Å². The van der Waals surface area contributed by atoms with E-state index in [1.165, 1.54) is 0 Å². The molecule has 0 atom stereocenters. The zero-order valence-electron chi connectivity index (χ0n) is 16.2. The molecule has 2 aromatic heterocycles. The van der Waals surface area contributed by atoms with Crippen LogP contribution in [0.25, 0.3) is 16.6 Å². The van der Waals surface area contributed by atoms with E-state index in [-0.39, 0.29) is 17.1 Å². The monoisotopic (exact) mass is 408 g/mol. The van der Waals surface area contributed by atoms with Gasteiger partial charge < -0.3 is 9.30 Å². The average Bonchev–Trinajstić information content (AvgIpc) is 3.34. The topological polar surface area (TPSA) is 97.7 Å². The van der Waals surface area contributed by atoms with Crippen LogP contribution in [-0.4, -0.2) is 43.5 Å². The van der Waals surface area contributed by atoms with Gasteiger partial charge in [0.05, 0.1) is 12.6 Å². The van der Waals surface area contributed by atoms with Gasteiger partial charge in [-0.25, -0.2) is 0 Å². The van der Waals surface area contributed by atoms with Crippen molar-refractivity contribution in [3.05, 3.63) is 54.2 Å². The molecule has 2 N–H and O–H groups in total. The molecule has 0 saturated heterocycles. The van der Waals surface area contributed by atoms with Gasteiger partial charge in [-0.3, -0.25) is 10.1 Å². The number of methoxy groups -OCH3 is 1. The molecule has 4 rings (SSSR count). The van der Waals surface area contributed by atoms with Gasteiger partial charge in [-0.1, -0.05) is 37.1 Å². The lowest BCUT2D eigenvalue weighted by atomic mass is 10.2. The van der Waals surface area contributed by atoms with Gasteiger partial charge in [-0.05, 0) is 35.5 Å². The molecule has 0 unspecified atom stereocenters. The molecule has 1 amide bonds. The molecule has 4 aromatic rings. The summed E-state index contributed by atoms with van der Waals surface area (Å²) < 4.78 is 7.38. The molecule has 0 saturated carbocycles. The van der Waals surface area contributed by atoms with Crippen LogP contribution in [0, 0.1) is 0 Å². The number of para-hydroxylation sites is 1. The molecular weight excluding hydrogens is 388 g/mol. The third-order valence-corrected chi connectivity index (χ3v) is 5.40. The van der Waals surface area contributed by atoms with Crippen LogP contribution in [0.2, 0.25) is 0 Å². The summed E-state index contributed by atoms with van der Waals surface area (Å²) in [5, 5.41) is 17.5. The molecule has 29 heavy (non-hydrogen) atoms. The number of aromatic amines is 1. The maximum absolute atomic E-state index is 13.3. The number of nitrogens with one attached hydrogen (secondary N) is 2. The fraction of sp³-hybridized carbons (Fsp3) is 0.200. The van der Waals surface area contributed by atoms with Crippen molar-refractivity contribution in [3.8, 4) is 11.4 Å². The number of aromatic nitrogens is 5. The van der Waals surface area contributed by atoms with Gasteiger partial charge in [0.2, 0.25) is 0 Å². The first-order valence-electron chi connectivity index (χ1n) is 9.07. The van der Waals surface area contributed by atoms with Gasteiger partial charge in [0.25, 0.3) is 11.9 Å². The first-order valence-corrected chi connectivity index (χ1v) is 9.95. The summed E-state index contributed by atoms with van der Waals surface area (Å²) >= 11 is 1.63. The number of ether oxygens (including phenoxy) is 1. The number of hydrogen-bond acceptors (Lipinski definition) is 6. The molecule has 0 fully saturated rings. The summed E-state index contributed by atoms with van der Waals surface area (Å²) in [7, 11) is 1.63. The van der Waals surface area contributed by atoms with Crippen molar-refractivity contribution in [3.63, 3.8) is 0 Å². The SMILES string of the molecule is COc1ccc2c(c1)c(SC(C)C)c(C(=O)Nc1nn[nH]n1)n2-c1ccccc1. The number of benzene rings is 2. The highest BCUT2D eigenvalue weighted by Crippen LogP contribution is 2.40.